The molecule has 3 nitrogen and oxygen atoms in total. The van der Waals surface area contributed by atoms with Crippen LogP contribution in [0, 0.1) is 17.2 Å². The largest absolute Gasteiger partial charge is 0.338 e. The molecule has 0 radical (unpaired) electrons. The first-order valence-corrected chi connectivity index (χ1v) is 5.00. The SMILES string of the molecule is C=CCN(CCC)C(=O)C(C#N)CC. The number of hydrogen-bond donors (Lipinski definition) is 0. The number of rotatable bonds is 6. The normalized spacial score (nSPS) is 11.5. The highest BCUT2D eigenvalue weighted by Gasteiger charge is 2.20. The highest BCUT2D eigenvalue weighted by atomic mass is 16.2. The minimum atomic E-state index is -0.499. The molecule has 3 heteroatoms. The van der Waals surface area contributed by atoms with Gasteiger partial charge >= 0.3 is 0 Å². The van der Waals surface area contributed by atoms with Gasteiger partial charge in [-0.05, 0) is 12.8 Å². The van der Waals surface area contributed by atoms with Gasteiger partial charge in [0.15, 0.2) is 0 Å². The van der Waals surface area contributed by atoms with E-state index in [9.17, 15) is 4.79 Å². The molecule has 0 fully saturated rings. The zero-order valence-corrected chi connectivity index (χ0v) is 8.99. The molecule has 0 aromatic heterocycles. The van der Waals surface area contributed by atoms with Crippen molar-refractivity contribution in [3.05, 3.63) is 12.7 Å². The Morgan fingerprint density at radius 2 is 2.29 bits per heavy atom. The van der Waals surface area contributed by atoms with Gasteiger partial charge in [0.2, 0.25) is 5.91 Å². The van der Waals surface area contributed by atoms with E-state index in [4.69, 9.17) is 5.26 Å². The van der Waals surface area contributed by atoms with Gasteiger partial charge in [-0.1, -0.05) is 19.9 Å². The van der Waals surface area contributed by atoms with E-state index in [-0.39, 0.29) is 5.91 Å². The smallest absolute Gasteiger partial charge is 0.240 e. The van der Waals surface area contributed by atoms with Crippen molar-refractivity contribution in [3.63, 3.8) is 0 Å². The van der Waals surface area contributed by atoms with Crippen LogP contribution in [0.2, 0.25) is 0 Å². The van der Waals surface area contributed by atoms with Crippen LogP contribution in [-0.2, 0) is 4.79 Å². The Morgan fingerprint density at radius 1 is 1.64 bits per heavy atom. The van der Waals surface area contributed by atoms with Gasteiger partial charge in [-0.3, -0.25) is 4.79 Å². The van der Waals surface area contributed by atoms with Crippen molar-refractivity contribution in [2.24, 2.45) is 5.92 Å². The maximum atomic E-state index is 11.7. The molecule has 0 N–H and O–H groups in total. The fourth-order valence-electron chi connectivity index (χ4n) is 1.26. The molecule has 0 aliphatic rings. The van der Waals surface area contributed by atoms with E-state index in [0.29, 0.717) is 19.5 Å². The lowest BCUT2D eigenvalue weighted by molar-refractivity contribution is -0.133. The van der Waals surface area contributed by atoms with Crippen molar-refractivity contribution in [2.75, 3.05) is 13.1 Å². The van der Waals surface area contributed by atoms with Crippen LogP contribution in [0.15, 0.2) is 12.7 Å². The lowest BCUT2D eigenvalue weighted by atomic mass is 10.1. The molecule has 0 saturated carbocycles. The number of hydrogen-bond acceptors (Lipinski definition) is 2. The predicted octanol–water partition coefficient (Wildman–Crippen LogP) is 1.96. The molecule has 0 saturated heterocycles. The Morgan fingerprint density at radius 3 is 2.64 bits per heavy atom. The summed E-state index contributed by atoms with van der Waals surface area (Å²) in [7, 11) is 0. The highest BCUT2D eigenvalue weighted by molar-refractivity contribution is 5.81. The van der Waals surface area contributed by atoms with E-state index in [1.807, 2.05) is 19.9 Å². The van der Waals surface area contributed by atoms with E-state index >= 15 is 0 Å². The molecular weight excluding hydrogens is 176 g/mol. The summed E-state index contributed by atoms with van der Waals surface area (Å²) in [5.74, 6) is -0.571. The Labute approximate surface area is 86.0 Å². The summed E-state index contributed by atoms with van der Waals surface area (Å²) >= 11 is 0. The second-order valence-corrected chi connectivity index (χ2v) is 3.16. The van der Waals surface area contributed by atoms with Crippen molar-refractivity contribution in [2.45, 2.75) is 26.7 Å². The van der Waals surface area contributed by atoms with Crippen LogP contribution in [-0.4, -0.2) is 23.9 Å². The van der Waals surface area contributed by atoms with Crippen molar-refractivity contribution < 1.29 is 4.79 Å². The second-order valence-electron chi connectivity index (χ2n) is 3.16. The van der Waals surface area contributed by atoms with Gasteiger partial charge in [0.1, 0.15) is 5.92 Å². The molecule has 14 heavy (non-hydrogen) atoms. The third-order valence-electron chi connectivity index (χ3n) is 2.02. The summed E-state index contributed by atoms with van der Waals surface area (Å²) in [6.07, 6.45) is 3.17. The van der Waals surface area contributed by atoms with Gasteiger partial charge in [0, 0.05) is 13.1 Å². The van der Waals surface area contributed by atoms with Crippen LogP contribution in [0.5, 0.6) is 0 Å². The van der Waals surface area contributed by atoms with Crippen LogP contribution in [0.4, 0.5) is 0 Å². The lowest BCUT2D eigenvalue weighted by Gasteiger charge is -2.22. The summed E-state index contributed by atoms with van der Waals surface area (Å²) in [5.41, 5.74) is 0. The first kappa shape index (κ1) is 12.7. The monoisotopic (exact) mass is 194 g/mol. The van der Waals surface area contributed by atoms with Crippen LogP contribution in [0.25, 0.3) is 0 Å². The van der Waals surface area contributed by atoms with Crippen molar-refractivity contribution in [1.82, 2.24) is 4.90 Å². The molecule has 0 aliphatic heterocycles. The number of carbonyl (C=O) groups is 1. The Balaban J connectivity index is 4.41. The topological polar surface area (TPSA) is 44.1 Å². The van der Waals surface area contributed by atoms with Crippen molar-refractivity contribution in [3.8, 4) is 6.07 Å². The number of amides is 1. The number of nitrogens with zero attached hydrogens (tertiary/aromatic N) is 2. The minimum absolute atomic E-state index is 0.0725. The summed E-state index contributed by atoms with van der Waals surface area (Å²) in [5, 5.41) is 8.76. The third kappa shape index (κ3) is 3.61. The standard InChI is InChI=1S/C11H18N2O/c1-4-7-13(8-5-2)11(14)10(6-3)9-12/h4,10H,1,5-8H2,2-3H3. The van der Waals surface area contributed by atoms with E-state index in [2.05, 4.69) is 6.58 Å². The highest BCUT2D eigenvalue weighted by Crippen LogP contribution is 2.07. The van der Waals surface area contributed by atoms with Crippen LogP contribution < -0.4 is 0 Å². The average Bonchev–Trinajstić information content (AvgIpc) is 2.19. The summed E-state index contributed by atoms with van der Waals surface area (Å²) < 4.78 is 0. The van der Waals surface area contributed by atoms with E-state index in [1.54, 1.807) is 11.0 Å². The van der Waals surface area contributed by atoms with Crippen LogP contribution >= 0.6 is 0 Å². The number of carbonyl (C=O) groups excluding carboxylic acids is 1. The fraction of sp³-hybridized carbons (Fsp3) is 0.636. The average molecular weight is 194 g/mol. The quantitative estimate of drug-likeness (QED) is 0.607. The Kier molecular flexibility index (Phi) is 6.47. The fourth-order valence-corrected chi connectivity index (χ4v) is 1.26. The maximum Gasteiger partial charge on any atom is 0.240 e. The molecule has 78 valence electrons. The Hall–Kier alpha value is -1.30. The van der Waals surface area contributed by atoms with Crippen molar-refractivity contribution >= 4 is 5.91 Å². The third-order valence-corrected chi connectivity index (χ3v) is 2.02. The first-order chi connectivity index (χ1) is 6.71. The van der Waals surface area contributed by atoms with Gasteiger partial charge in [-0.25, -0.2) is 0 Å². The molecule has 0 aromatic carbocycles. The van der Waals surface area contributed by atoms with E-state index < -0.39 is 5.92 Å². The molecular formula is C11H18N2O. The molecule has 0 heterocycles. The molecule has 0 aliphatic carbocycles. The van der Waals surface area contributed by atoms with Gasteiger partial charge < -0.3 is 4.90 Å². The van der Waals surface area contributed by atoms with Gasteiger partial charge in [0.25, 0.3) is 0 Å². The second kappa shape index (κ2) is 7.14. The Bertz CT molecular complexity index is 230. The van der Waals surface area contributed by atoms with E-state index in [0.717, 1.165) is 6.42 Å². The summed E-state index contributed by atoms with van der Waals surface area (Å²) in [4.78, 5) is 13.4. The zero-order valence-electron chi connectivity index (χ0n) is 8.99. The van der Waals surface area contributed by atoms with Gasteiger partial charge in [-0.15, -0.1) is 6.58 Å². The summed E-state index contributed by atoms with van der Waals surface area (Å²) in [6.45, 7) is 8.69. The first-order valence-electron chi connectivity index (χ1n) is 5.00. The molecule has 1 atom stereocenters. The van der Waals surface area contributed by atoms with Crippen LogP contribution in [0.3, 0.4) is 0 Å². The van der Waals surface area contributed by atoms with Gasteiger partial charge in [0.05, 0.1) is 6.07 Å². The van der Waals surface area contributed by atoms with Gasteiger partial charge in [-0.2, -0.15) is 5.26 Å². The molecule has 1 amide bonds. The number of nitriles is 1. The molecule has 0 bridgehead atoms. The minimum Gasteiger partial charge on any atom is -0.338 e. The van der Waals surface area contributed by atoms with E-state index in [1.165, 1.54) is 0 Å². The van der Waals surface area contributed by atoms with Crippen molar-refractivity contribution in [1.29, 1.82) is 5.26 Å². The van der Waals surface area contributed by atoms with Crippen LogP contribution in [0.1, 0.15) is 26.7 Å². The maximum absolute atomic E-state index is 11.7. The molecule has 0 spiro atoms. The zero-order chi connectivity index (χ0) is 11.0. The molecule has 1 unspecified atom stereocenters. The summed E-state index contributed by atoms with van der Waals surface area (Å²) in [6, 6.07) is 2.02. The predicted molar refractivity (Wildman–Crippen MR) is 56.5 cm³/mol. The molecule has 0 aromatic rings. The lowest BCUT2D eigenvalue weighted by Crippen LogP contribution is -2.36. The molecule has 0 rings (SSSR count).